The lowest BCUT2D eigenvalue weighted by Crippen LogP contribution is -2.55. The van der Waals surface area contributed by atoms with Gasteiger partial charge in [-0.2, -0.15) is 0 Å². The maximum Gasteiger partial charge on any atom is 0.258 e. The number of hydrogen-bond acceptors (Lipinski definition) is 5. The van der Waals surface area contributed by atoms with Crippen molar-refractivity contribution in [2.75, 3.05) is 20.2 Å². The molecule has 38 heavy (non-hydrogen) atoms. The normalized spacial score (nSPS) is 16.7. The van der Waals surface area contributed by atoms with Gasteiger partial charge in [0, 0.05) is 25.2 Å². The third-order valence-corrected chi connectivity index (χ3v) is 6.37. The molecule has 9 heteroatoms. The Morgan fingerprint density at radius 1 is 1.08 bits per heavy atom. The monoisotopic (exact) mass is 530 g/mol. The third-order valence-electron chi connectivity index (χ3n) is 6.37. The first-order valence-corrected chi connectivity index (χ1v) is 13.4. The van der Waals surface area contributed by atoms with Gasteiger partial charge in [-0.15, -0.1) is 0 Å². The lowest BCUT2D eigenvalue weighted by Gasteiger charge is -2.34. The molecule has 1 aliphatic rings. The van der Waals surface area contributed by atoms with Crippen LogP contribution in [-0.4, -0.2) is 77.3 Å². The number of nitrogens with zero attached hydrogens (tertiary/aromatic N) is 2. The lowest BCUT2D eigenvalue weighted by atomic mass is 9.87. The van der Waals surface area contributed by atoms with E-state index >= 15 is 0 Å². The number of amides is 4. The van der Waals surface area contributed by atoms with Gasteiger partial charge in [0.15, 0.2) is 6.61 Å². The van der Waals surface area contributed by atoms with Crippen LogP contribution in [0.1, 0.15) is 85.0 Å². The number of rotatable bonds is 9. The second kappa shape index (κ2) is 12.6. The standard InChI is InChI=1S/C29H46N4O5/c1-19(2)32(9)27(37)22-14-12-16-33(22)26(36)21(17-28(3,4)5)30-25(35)20-13-10-11-15-23(20)38-18-24(34)31-29(6,7)8/h10-11,13,15,19,21-22H,12,14,16-18H2,1-9H3,(H,30,35)(H,31,34). The SMILES string of the molecule is CC(C)N(C)C(=O)C1CCCN1C(=O)C(CC(C)(C)C)NC(=O)c1ccccc1OCC(=O)NC(C)(C)C. The van der Waals surface area contributed by atoms with Crippen molar-refractivity contribution in [2.24, 2.45) is 5.41 Å². The van der Waals surface area contributed by atoms with Crippen molar-refractivity contribution in [1.82, 2.24) is 20.4 Å². The minimum absolute atomic E-state index is 0.0205. The molecule has 1 heterocycles. The molecule has 1 saturated heterocycles. The largest absolute Gasteiger partial charge is 0.483 e. The summed E-state index contributed by atoms with van der Waals surface area (Å²) < 4.78 is 5.69. The molecular formula is C29H46N4O5. The zero-order valence-corrected chi connectivity index (χ0v) is 24.5. The Morgan fingerprint density at radius 3 is 2.29 bits per heavy atom. The summed E-state index contributed by atoms with van der Waals surface area (Å²) in [5.41, 5.74) is -0.435. The second-order valence-electron chi connectivity index (χ2n) is 12.6. The molecule has 2 rings (SSSR count). The topological polar surface area (TPSA) is 108 Å². The average molecular weight is 531 g/mol. The fourth-order valence-electron chi connectivity index (χ4n) is 4.40. The number of nitrogens with one attached hydrogen (secondary N) is 2. The van der Waals surface area contributed by atoms with Crippen molar-refractivity contribution in [3.05, 3.63) is 29.8 Å². The first-order chi connectivity index (χ1) is 17.5. The Hall–Kier alpha value is -3.10. The molecule has 2 N–H and O–H groups in total. The number of para-hydroxylation sites is 1. The van der Waals surface area contributed by atoms with Gasteiger partial charge in [0.2, 0.25) is 11.8 Å². The van der Waals surface area contributed by atoms with Gasteiger partial charge in [0.1, 0.15) is 17.8 Å². The summed E-state index contributed by atoms with van der Waals surface area (Å²) in [5, 5.41) is 5.73. The van der Waals surface area contributed by atoms with Gasteiger partial charge in [0.05, 0.1) is 5.56 Å². The number of benzene rings is 1. The zero-order chi connectivity index (χ0) is 28.8. The fourth-order valence-corrected chi connectivity index (χ4v) is 4.40. The highest BCUT2D eigenvalue weighted by Crippen LogP contribution is 2.27. The molecule has 0 saturated carbocycles. The summed E-state index contributed by atoms with van der Waals surface area (Å²) in [5.74, 6) is -0.864. The van der Waals surface area contributed by atoms with Crippen LogP contribution in [0.2, 0.25) is 0 Å². The minimum atomic E-state index is -0.822. The van der Waals surface area contributed by atoms with Crippen LogP contribution in [0.3, 0.4) is 0 Å². The molecule has 2 atom stereocenters. The van der Waals surface area contributed by atoms with E-state index in [1.165, 1.54) is 0 Å². The van der Waals surface area contributed by atoms with E-state index in [0.29, 0.717) is 19.4 Å². The van der Waals surface area contributed by atoms with Gasteiger partial charge >= 0.3 is 0 Å². The Labute approximate surface area is 227 Å². The van der Waals surface area contributed by atoms with Gasteiger partial charge in [-0.1, -0.05) is 32.9 Å². The Balaban J connectivity index is 2.24. The van der Waals surface area contributed by atoms with E-state index in [-0.39, 0.29) is 47.1 Å². The lowest BCUT2D eigenvalue weighted by molar-refractivity contribution is -0.145. The summed E-state index contributed by atoms with van der Waals surface area (Å²) in [6.07, 6.45) is 1.73. The van der Waals surface area contributed by atoms with Crippen molar-refractivity contribution in [3.8, 4) is 5.75 Å². The van der Waals surface area contributed by atoms with E-state index < -0.39 is 23.5 Å². The molecule has 0 radical (unpaired) electrons. The predicted octanol–water partition coefficient (Wildman–Crippen LogP) is 3.37. The highest BCUT2D eigenvalue weighted by Gasteiger charge is 2.40. The third kappa shape index (κ3) is 9.03. The highest BCUT2D eigenvalue weighted by molar-refractivity contribution is 6.00. The van der Waals surface area contributed by atoms with Crippen LogP contribution in [0.25, 0.3) is 0 Å². The molecule has 0 spiro atoms. The van der Waals surface area contributed by atoms with Crippen LogP contribution < -0.4 is 15.4 Å². The molecule has 0 aromatic heterocycles. The van der Waals surface area contributed by atoms with Gasteiger partial charge in [-0.05, 0) is 71.4 Å². The molecule has 0 aliphatic carbocycles. The molecule has 1 aromatic carbocycles. The molecule has 1 aliphatic heterocycles. The molecular weight excluding hydrogens is 484 g/mol. The van der Waals surface area contributed by atoms with Gasteiger partial charge in [-0.3, -0.25) is 19.2 Å². The van der Waals surface area contributed by atoms with Crippen molar-refractivity contribution in [2.45, 2.75) is 98.3 Å². The van der Waals surface area contributed by atoms with E-state index in [2.05, 4.69) is 10.6 Å². The van der Waals surface area contributed by atoms with E-state index in [1.54, 1.807) is 41.1 Å². The van der Waals surface area contributed by atoms with E-state index in [0.717, 1.165) is 6.42 Å². The summed E-state index contributed by atoms with van der Waals surface area (Å²) in [6.45, 7) is 15.7. The summed E-state index contributed by atoms with van der Waals surface area (Å²) in [6, 6.07) is 5.31. The molecule has 212 valence electrons. The maximum absolute atomic E-state index is 13.8. The maximum atomic E-state index is 13.8. The van der Waals surface area contributed by atoms with Crippen molar-refractivity contribution in [1.29, 1.82) is 0 Å². The van der Waals surface area contributed by atoms with Crippen LogP contribution in [-0.2, 0) is 14.4 Å². The fraction of sp³-hybridized carbons (Fsp3) is 0.655. The summed E-state index contributed by atoms with van der Waals surface area (Å²) in [7, 11) is 1.75. The van der Waals surface area contributed by atoms with Crippen molar-refractivity contribution >= 4 is 23.6 Å². The molecule has 0 bridgehead atoms. The van der Waals surface area contributed by atoms with Gasteiger partial charge in [-0.25, -0.2) is 0 Å². The average Bonchev–Trinajstić information content (AvgIpc) is 3.28. The molecule has 4 amide bonds. The number of ether oxygens (including phenoxy) is 1. The second-order valence-corrected chi connectivity index (χ2v) is 12.6. The van der Waals surface area contributed by atoms with E-state index in [1.807, 2.05) is 55.4 Å². The number of carbonyl (C=O) groups excluding carboxylic acids is 4. The Bertz CT molecular complexity index is 1010. The van der Waals surface area contributed by atoms with Crippen LogP contribution >= 0.6 is 0 Å². The quantitative estimate of drug-likeness (QED) is 0.509. The number of carbonyl (C=O) groups is 4. The van der Waals surface area contributed by atoms with Gasteiger partial charge in [0.25, 0.3) is 11.8 Å². The number of hydrogen-bond donors (Lipinski definition) is 2. The highest BCUT2D eigenvalue weighted by atomic mass is 16.5. The zero-order valence-electron chi connectivity index (χ0n) is 24.5. The minimum Gasteiger partial charge on any atom is -0.483 e. The molecule has 9 nitrogen and oxygen atoms in total. The molecule has 2 unspecified atom stereocenters. The van der Waals surface area contributed by atoms with Gasteiger partial charge < -0.3 is 25.2 Å². The molecule has 1 fully saturated rings. The number of likely N-dealkylation sites (tertiary alicyclic amines) is 1. The first-order valence-electron chi connectivity index (χ1n) is 13.4. The first kappa shape index (κ1) is 31.1. The summed E-state index contributed by atoms with van der Waals surface area (Å²) in [4.78, 5) is 55.9. The van der Waals surface area contributed by atoms with Crippen LogP contribution in [0, 0.1) is 5.41 Å². The van der Waals surface area contributed by atoms with Crippen molar-refractivity contribution in [3.63, 3.8) is 0 Å². The van der Waals surface area contributed by atoms with Crippen LogP contribution in [0.4, 0.5) is 0 Å². The smallest absolute Gasteiger partial charge is 0.258 e. The Morgan fingerprint density at radius 2 is 1.71 bits per heavy atom. The van der Waals surface area contributed by atoms with E-state index in [9.17, 15) is 19.2 Å². The predicted molar refractivity (Wildman–Crippen MR) is 148 cm³/mol. The Kier molecular flexibility index (Phi) is 10.3. The number of likely N-dealkylation sites (N-methyl/N-ethyl adjacent to an activating group) is 1. The van der Waals surface area contributed by atoms with Crippen LogP contribution in [0.15, 0.2) is 24.3 Å². The molecule has 1 aromatic rings. The van der Waals surface area contributed by atoms with E-state index in [4.69, 9.17) is 4.74 Å². The van der Waals surface area contributed by atoms with Crippen molar-refractivity contribution < 1.29 is 23.9 Å². The van der Waals surface area contributed by atoms with Crippen LogP contribution in [0.5, 0.6) is 5.75 Å². The summed E-state index contributed by atoms with van der Waals surface area (Å²) >= 11 is 0.